The minimum Gasteiger partial charge on any atom is -0.396 e. The lowest BCUT2D eigenvalue weighted by atomic mass is 9.99. The molecule has 0 spiro atoms. The van der Waals surface area contributed by atoms with Crippen LogP contribution >= 0.6 is 11.3 Å². The predicted octanol–water partition coefficient (Wildman–Crippen LogP) is 2.32. The molecule has 2 aromatic heterocycles. The molecule has 2 aliphatic rings. The summed E-state index contributed by atoms with van der Waals surface area (Å²) in [5.41, 5.74) is 0. The number of ether oxygens (including phenoxy) is 1. The third-order valence-electron chi connectivity index (χ3n) is 4.99. The summed E-state index contributed by atoms with van der Waals surface area (Å²) in [6.07, 6.45) is 3.96. The number of morpholine rings is 1. The summed E-state index contributed by atoms with van der Waals surface area (Å²) in [5, 5.41) is 11.5. The summed E-state index contributed by atoms with van der Waals surface area (Å²) in [4.78, 5) is 14.8. The Morgan fingerprint density at radius 2 is 2.04 bits per heavy atom. The van der Waals surface area contributed by atoms with Crippen molar-refractivity contribution in [1.82, 2.24) is 9.97 Å². The summed E-state index contributed by atoms with van der Waals surface area (Å²) in [5.74, 6) is 2.27. The van der Waals surface area contributed by atoms with Gasteiger partial charge in [-0.1, -0.05) is 6.07 Å². The standard InChI is InChI=1S/C18H24N4O2S/c23-12-14-3-1-5-21(10-14)17-9-18(20-13-19-17)22-6-7-24-15(11-22)16-4-2-8-25-16/h2,4,8-9,13-15,23H,1,3,5-7,10-12H2. The molecule has 6 nitrogen and oxygen atoms in total. The minimum absolute atomic E-state index is 0.112. The van der Waals surface area contributed by atoms with Crippen LogP contribution in [0.25, 0.3) is 0 Å². The second-order valence-corrected chi connectivity index (χ2v) is 7.67. The van der Waals surface area contributed by atoms with E-state index in [1.807, 2.05) is 0 Å². The van der Waals surface area contributed by atoms with Crippen molar-refractivity contribution in [1.29, 1.82) is 0 Å². The lowest BCUT2D eigenvalue weighted by molar-refractivity contribution is 0.0418. The van der Waals surface area contributed by atoms with Gasteiger partial charge in [-0.3, -0.25) is 0 Å². The minimum atomic E-state index is 0.112. The van der Waals surface area contributed by atoms with Gasteiger partial charge in [0.25, 0.3) is 0 Å². The normalized spacial score (nSPS) is 24.5. The number of thiophene rings is 1. The molecule has 2 atom stereocenters. The van der Waals surface area contributed by atoms with Crippen LogP contribution in [0.15, 0.2) is 29.9 Å². The Labute approximate surface area is 152 Å². The van der Waals surface area contributed by atoms with Gasteiger partial charge in [-0.15, -0.1) is 11.3 Å². The van der Waals surface area contributed by atoms with E-state index < -0.39 is 0 Å². The Morgan fingerprint density at radius 1 is 1.20 bits per heavy atom. The van der Waals surface area contributed by atoms with E-state index in [4.69, 9.17) is 4.74 Å². The average Bonchev–Trinajstić information content (AvgIpc) is 3.23. The fourth-order valence-corrected chi connectivity index (χ4v) is 4.37. The SMILES string of the molecule is OCC1CCCN(c2cc(N3CCOC(c4cccs4)C3)ncn2)C1. The molecular weight excluding hydrogens is 336 g/mol. The summed E-state index contributed by atoms with van der Waals surface area (Å²) in [6, 6.07) is 6.28. The van der Waals surface area contributed by atoms with Crippen molar-refractivity contribution in [2.45, 2.75) is 18.9 Å². The number of anilines is 2. The number of piperidine rings is 1. The van der Waals surface area contributed by atoms with E-state index in [0.29, 0.717) is 12.5 Å². The van der Waals surface area contributed by atoms with Crippen molar-refractivity contribution < 1.29 is 9.84 Å². The van der Waals surface area contributed by atoms with Crippen molar-refractivity contribution in [2.24, 2.45) is 5.92 Å². The Morgan fingerprint density at radius 3 is 2.80 bits per heavy atom. The van der Waals surface area contributed by atoms with Gasteiger partial charge in [-0.25, -0.2) is 9.97 Å². The van der Waals surface area contributed by atoms with Crippen molar-refractivity contribution in [3.63, 3.8) is 0 Å². The maximum Gasteiger partial charge on any atom is 0.134 e. The lowest BCUT2D eigenvalue weighted by Gasteiger charge is -2.35. The number of hydrogen-bond acceptors (Lipinski definition) is 7. The van der Waals surface area contributed by atoms with E-state index in [0.717, 1.165) is 50.7 Å². The molecule has 0 saturated carbocycles. The Kier molecular flexibility index (Phi) is 5.14. The molecule has 0 bridgehead atoms. The monoisotopic (exact) mass is 360 g/mol. The van der Waals surface area contributed by atoms with Crippen LogP contribution in [0.4, 0.5) is 11.6 Å². The zero-order chi connectivity index (χ0) is 17.1. The number of nitrogens with zero attached hydrogens (tertiary/aromatic N) is 4. The first-order valence-electron chi connectivity index (χ1n) is 8.91. The van der Waals surface area contributed by atoms with E-state index >= 15 is 0 Å². The van der Waals surface area contributed by atoms with E-state index in [1.165, 1.54) is 4.88 Å². The molecule has 4 rings (SSSR count). The van der Waals surface area contributed by atoms with Crippen LogP contribution in [-0.2, 0) is 4.74 Å². The third-order valence-corrected chi connectivity index (χ3v) is 5.95. The zero-order valence-electron chi connectivity index (χ0n) is 14.3. The van der Waals surface area contributed by atoms with E-state index in [1.54, 1.807) is 17.7 Å². The van der Waals surface area contributed by atoms with Crippen LogP contribution < -0.4 is 9.80 Å². The van der Waals surface area contributed by atoms with Crippen molar-refractivity contribution in [3.05, 3.63) is 34.8 Å². The van der Waals surface area contributed by atoms with Crippen LogP contribution in [0.1, 0.15) is 23.8 Å². The topological polar surface area (TPSA) is 61.7 Å². The van der Waals surface area contributed by atoms with Gasteiger partial charge in [0.05, 0.1) is 13.2 Å². The van der Waals surface area contributed by atoms with Gasteiger partial charge in [0.1, 0.15) is 24.1 Å². The fourth-order valence-electron chi connectivity index (χ4n) is 3.61. The van der Waals surface area contributed by atoms with E-state index in [-0.39, 0.29) is 12.7 Å². The van der Waals surface area contributed by atoms with Crippen LogP contribution in [-0.4, -0.2) is 54.5 Å². The molecular formula is C18H24N4O2S. The molecule has 7 heteroatoms. The molecule has 0 aromatic carbocycles. The number of rotatable bonds is 4. The van der Waals surface area contributed by atoms with Crippen LogP contribution in [0.2, 0.25) is 0 Å². The van der Waals surface area contributed by atoms with Crippen LogP contribution in [0.3, 0.4) is 0 Å². The number of hydrogen-bond donors (Lipinski definition) is 1. The van der Waals surface area contributed by atoms with Crippen molar-refractivity contribution in [2.75, 3.05) is 49.2 Å². The van der Waals surface area contributed by atoms with Crippen molar-refractivity contribution in [3.8, 4) is 0 Å². The second kappa shape index (κ2) is 7.68. The average molecular weight is 360 g/mol. The van der Waals surface area contributed by atoms with Gasteiger partial charge in [0, 0.05) is 37.2 Å². The molecule has 0 radical (unpaired) electrons. The van der Waals surface area contributed by atoms with Gasteiger partial charge in [0.15, 0.2) is 0 Å². The lowest BCUT2D eigenvalue weighted by Crippen LogP contribution is -2.39. The molecule has 2 saturated heterocycles. The maximum atomic E-state index is 9.45. The molecule has 0 aliphatic carbocycles. The number of aliphatic hydroxyl groups is 1. The molecule has 2 aromatic rings. The highest BCUT2D eigenvalue weighted by atomic mass is 32.1. The highest BCUT2D eigenvalue weighted by Gasteiger charge is 2.25. The van der Waals surface area contributed by atoms with Gasteiger partial charge in [-0.05, 0) is 30.2 Å². The largest absolute Gasteiger partial charge is 0.396 e. The van der Waals surface area contributed by atoms with Crippen molar-refractivity contribution >= 4 is 23.0 Å². The maximum absolute atomic E-state index is 9.45. The second-order valence-electron chi connectivity index (χ2n) is 6.69. The third kappa shape index (κ3) is 3.78. The van der Waals surface area contributed by atoms with Crippen LogP contribution in [0, 0.1) is 5.92 Å². The summed E-state index contributed by atoms with van der Waals surface area (Å²) >= 11 is 1.74. The molecule has 2 unspecified atom stereocenters. The molecule has 1 N–H and O–H groups in total. The highest BCUT2D eigenvalue weighted by molar-refractivity contribution is 7.10. The first kappa shape index (κ1) is 16.8. The predicted molar refractivity (Wildman–Crippen MR) is 99.3 cm³/mol. The van der Waals surface area contributed by atoms with E-state index in [9.17, 15) is 5.11 Å². The molecule has 2 fully saturated rings. The zero-order valence-corrected chi connectivity index (χ0v) is 15.1. The Balaban J connectivity index is 1.49. The number of aromatic nitrogens is 2. The summed E-state index contributed by atoms with van der Waals surface area (Å²) in [7, 11) is 0. The first-order chi connectivity index (χ1) is 12.3. The van der Waals surface area contributed by atoms with Gasteiger partial charge < -0.3 is 19.6 Å². The molecule has 25 heavy (non-hydrogen) atoms. The van der Waals surface area contributed by atoms with Gasteiger partial charge in [0.2, 0.25) is 0 Å². The highest BCUT2D eigenvalue weighted by Crippen LogP contribution is 2.29. The van der Waals surface area contributed by atoms with Crippen LogP contribution in [0.5, 0.6) is 0 Å². The quantitative estimate of drug-likeness (QED) is 0.903. The smallest absolute Gasteiger partial charge is 0.134 e. The van der Waals surface area contributed by atoms with Gasteiger partial charge in [-0.2, -0.15) is 0 Å². The Hall–Kier alpha value is -1.70. The molecule has 2 aliphatic heterocycles. The molecule has 134 valence electrons. The van der Waals surface area contributed by atoms with E-state index in [2.05, 4.69) is 43.3 Å². The molecule has 0 amide bonds. The summed E-state index contributed by atoms with van der Waals surface area (Å²) < 4.78 is 5.94. The fraction of sp³-hybridized carbons (Fsp3) is 0.556. The van der Waals surface area contributed by atoms with Gasteiger partial charge >= 0.3 is 0 Å². The summed E-state index contributed by atoms with van der Waals surface area (Å²) in [6.45, 7) is 4.48. The number of aliphatic hydroxyl groups excluding tert-OH is 1. The Bertz CT molecular complexity index is 681. The molecule has 4 heterocycles. The first-order valence-corrected chi connectivity index (χ1v) is 9.79.